The van der Waals surface area contributed by atoms with Crippen molar-refractivity contribution in [3.63, 3.8) is 0 Å². The van der Waals surface area contributed by atoms with Gasteiger partial charge in [-0.1, -0.05) is 13.8 Å². The number of hydrogen-bond acceptors (Lipinski definition) is 3. The molecular formula is C18H26N2O3. The third kappa shape index (κ3) is 5.27. The molecule has 1 aliphatic carbocycles. The summed E-state index contributed by atoms with van der Waals surface area (Å²) in [5.41, 5.74) is 0.699. The van der Waals surface area contributed by atoms with Crippen LogP contribution in [0.1, 0.15) is 46.5 Å². The summed E-state index contributed by atoms with van der Waals surface area (Å²) in [6.07, 6.45) is 5.02. The van der Waals surface area contributed by atoms with Gasteiger partial charge in [0.2, 0.25) is 11.8 Å². The van der Waals surface area contributed by atoms with E-state index in [1.165, 1.54) is 19.8 Å². The fourth-order valence-electron chi connectivity index (χ4n) is 2.79. The van der Waals surface area contributed by atoms with E-state index in [4.69, 9.17) is 4.74 Å². The molecule has 5 heteroatoms. The fraction of sp³-hybridized carbons (Fsp3) is 0.556. The molecule has 2 amide bonds. The number of nitrogens with one attached hydrogen (secondary N) is 2. The highest BCUT2D eigenvalue weighted by atomic mass is 16.5. The van der Waals surface area contributed by atoms with Crippen LogP contribution in [0.2, 0.25) is 0 Å². The Morgan fingerprint density at radius 3 is 2.26 bits per heavy atom. The smallest absolute Gasteiger partial charge is 0.247 e. The highest BCUT2D eigenvalue weighted by molar-refractivity contribution is 5.97. The van der Waals surface area contributed by atoms with Gasteiger partial charge in [0, 0.05) is 12.6 Å². The zero-order valence-corrected chi connectivity index (χ0v) is 14.1. The molecule has 0 radical (unpaired) electrons. The third-order valence-corrected chi connectivity index (χ3v) is 4.03. The molecule has 0 spiro atoms. The van der Waals surface area contributed by atoms with Crippen LogP contribution in [0.5, 0.6) is 5.75 Å². The zero-order chi connectivity index (χ0) is 16.8. The normalized spacial score (nSPS) is 16.2. The van der Waals surface area contributed by atoms with Gasteiger partial charge < -0.3 is 15.4 Å². The van der Waals surface area contributed by atoms with E-state index >= 15 is 0 Å². The number of rotatable bonds is 6. The van der Waals surface area contributed by atoms with E-state index in [9.17, 15) is 9.59 Å². The van der Waals surface area contributed by atoms with Crippen LogP contribution in [-0.4, -0.2) is 24.0 Å². The molecule has 0 saturated heterocycles. The van der Waals surface area contributed by atoms with Crippen LogP contribution >= 0.6 is 0 Å². The SMILES string of the molecule is CC(=O)NC(C(=O)Nc1ccc(OC2CCCC2)cc1)C(C)C. The first kappa shape index (κ1) is 17.3. The number of amides is 2. The van der Waals surface area contributed by atoms with Gasteiger partial charge in [0.1, 0.15) is 11.8 Å². The van der Waals surface area contributed by atoms with Crippen molar-refractivity contribution in [1.29, 1.82) is 0 Å². The standard InChI is InChI=1S/C18H26N2O3/c1-12(2)17(19-13(3)21)18(22)20-14-8-10-16(11-9-14)23-15-6-4-5-7-15/h8-12,15,17H,4-7H2,1-3H3,(H,19,21)(H,20,22). The van der Waals surface area contributed by atoms with Crippen molar-refractivity contribution < 1.29 is 14.3 Å². The lowest BCUT2D eigenvalue weighted by Gasteiger charge is -2.21. The minimum absolute atomic E-state index is 0.0175. The number of anilines is 1. The van der Waals surface area contributed by atoms with E-state index < -0.39 is 6.04 Å². The van der Waals surface area contributed by atoms with Crippen molar-refractivity contribution >= 4 is 17.5 Å². The summed E-state index contributed by atoms with van der Waals surface area (Å²) in [4.78, 5) is 23.5. The molecule has 1 aromatic carbocycles. The van der Waals surface area contributed by atoms with Crippen LogP contribution in [0.15, 0.2) is 24.3 Å². The predicted octanol–water partition coefficient (Wildman–Crippen LogP) is 3.11. The summed E-state index contributed by atoms with van der Waals surface area (Å²) < 4.78 is 5.90. The van der Waals surface area contributed by atoms with Gasteiger partial charge in [0.25, 0.3) is 0 Å². The maximum atomic E-state index is 12.3. The third-order valence-electron chi connectivity index (χ3n) is 4.03. The number of hydrogen-bond donors (Lipinski definition) is 2. The van der Waals surface area contributed by atoms with Crippen LogP contribution in [0.3, 0.4) is 0 Å². The first-order valence-corrected chi connectivity index (χ1v) is 8.30. The molecule has 0 aromatic heterocycles. The summed E-state index contributed by atoms with van der Waals surface area (Å²) >= 11 is 0. The molecule has 1 fully saturated rings. The maximum Gasteiger partial charge on any atom is 0.247 e. The Hall–Kier alpha value is -2.04. The molecule has 0 aliphatic heterocycles. The lowest BCUT2D eigenvalue weighted by molar-refractivity contribution is -0.126. The lowest BCUT2D eigenvalue weighted by atomic mass is 10.0. The molecule has 2 N–H and O–H groups in total. The summed E-state index contributed by atoms with van der Waals surface area (Å²) in [7, 11) is 0. The number of carbonyl (C=O) groups is 2. The number of ether oxygens (including phenoxy) is 1. The molecule has 1 atom stereocenters. The second kappa shape index (κ2) is 7.99. The molecule has 0 bridgehead atoms. The van der Waals surface area contributed by atoms with Crippen molar-refractivity contribution in [2.45, 2.75) is 58.6 Å². The summed E-state index contributed by atoms with van der Waals surface area (Å²) in [5, 5.41) is 5.52. The van der Waals surface area contributed by atoms with Gasteiger partial charge in [-0.05, 0) is 55.9 Å². The van der Waals surface area contributed by atoms with E-state index in [0.717, 1.165) is 18.6 Å². The number of benzene rings is 1. The molecule has 1 aromatic rings. The van der Waals surface area contributed by atoms with Crippen LogP contribution in [0.25, 0.3) is 0 Å². The van der Waals surface area contributed by atoms with Crippen molar-refractivity contribution in [3.05, 3.63) is 24.3 Å². The monoisotopic (exact) mass is 318 g/mol. The second-order valence-electron chi connectivity index (χ2n) is 6.46. The summed E-state index contributed by atoms with van der Waals surface area (Å²) in [6, 6.07) is 6.86. The van der Waals surface area contributed by atoms with Gasteiger partial charge >= 0.3 is 0 Å². The van der Waals surface area contributed by atoms with Gasteiger partial charge in [-0.25, -0.2) is 0 Å². The van der Waals surface area contributed by atoms with Crippen molar-refractivity contribution in [1.82, 2.24) is 5.32 Å². The van der Waals surface area contributed by atoms with E-state index in [0.29, 0.717) is 11.8 Å². The Balaban J connectivity index is 1.93. The molecular weight excluding hydrogens is 292 g/mol. The Bertz CT molecular complexity index is 534. The topological polar surface area (TPSA) is 67.4 Å². The lowest BCUT2D eigenvalue weighted by Crippen LogP contribution is -2.46. The van der Waals surface area contributed by atoms with Gasteiger partial charge in [0.15, 0.2) is 0 Å². The van der Waals surface area contributed by atoms with Gasteiger partial charge in [-0.2, -0.15) is 0 Å². The van der Waals surface area contributed by atoms with Gasteiger partial charge in [-0.3, -0.25) is 9.59 Å². The van der Waals surface area contributed by atoms with Gasteiger partial charge in [0.05, 0.1) is 6.10 Å². The minimum Gasteiger partial charge on any atom is -0.490 e. The summed E-state index contributed by atoms with van der Waals surface area (Å²) in [5.74, 6) is 0.430. The molecule has 1 unspecified atom stereocenters. The predicted molar refractivity (Wildman–Crippen MR) is 90.4 cm³/mol. The van der Waals surface area contributed by atoms with E-state index in [-0.39, 0.29) is 17.7 Å². The van der Waals surface area contributed by atoms with Crippen molar-refractivity contribution in [2.75, 3.05) is 5.32 Å². The Morgan fingerprint density at radius 2 is 1.74 bits per heavy atom. The van der Waals surface area contributed by atoms with E-state index in [2.05, 4.69) is 10.6 Å². The maximum absolute atomic E-state index is 12.3. The summed E-state index contributed by atoms with van der Waals surface area (Å²) in [6.45, 7) is 5.22. The fourth-order valence-corrected chi connectivity index (χ4v) is 2.79. The molecule has 2 rings (SSSR count). The first-order valence-electron chi connectivity index (χ1n) is 8.30. The molecule has 23 heavy (non-hydrogen) atoms. The Labute approximate surface area is 137 Å². The van der Waals surface area contributed by atoms with Crippen molar-refractivity contribution in [2.24, 2.45) is 5.92 Å². The Morgan fingerprint density at radius 1 is 1.13 bits per heavy atom. The average Bonchev–Trinajstić information content (AvgIpc) is 2.99. The van der Waals surface area contributed by atoms with Crippen LogP contribution in [0, 0.1) is 5.92 Å². The van der Waals surface area contributed by atoms with Gasteiger partial charge in [-0.15, -0.1) is 0 Å². The second-order valence-corrected chi connectivity index (χ2v) is 6.46. The largest absolute Gasteiger partial charge is 0.490 e. The average molecular weight is 318 g/mol. The first-order chi connectivity index (χ1) is 11.0. The molecule has 0 heterocycles. The Kier molecular flexibility index (Phi) is 6.02. The highest BCUT2D eigenvalue weighted by Crippen LogP contribution is 2.25. The van der Waals surface area contributed by atoms with Crippen LogP contribution in [0.4, 0.5) is 5.69 Å². The quantitative estimate of drug-likeness (QED) is 0.847. The van der Waals surface area contributed by atoms with Crippen LogP contribution in [-0.2, 0) is 9.59 Å². The van der Waals surface area contributed by atoms with Crippen molar-refractivity contribution in [3.8, 4) is 5.75 Å². The minimum atomic E-state index is -0.540. The molecule has 5 nitrogen and oxygen atoms in total. The molecule has 1 saturated carbocycles. The number of carbonyl (C=O) groups excluding carboxylic acids is 2. The zero-order valence-electron chi connectivity index (χ0n) is 14.1. The van der Waals surface area contributed by atoms with Crippen LogP contribution < -0.4 is 15.4 Å². The van der Waals surface area contributed by atoms with E-state index in [1.54, 1.807) is 0 Å². The molecule has 126 valence electrons. The highest BCUT2D eigenvalue weighted by Gasteiger charge is 2.23. The molecule has 1 aliphatic rings. The van der Waals surface area contributed by atoms with E-state index in [1.807, 2.05) is 38.1 Å².